The second-order valence-corrected chi connectivity index (χ2v) is 3.52. The number of carbonyl (C=O) groups is 1. The van der Waals surface area contributed by atoms with Gasteiger partial charge in [-0.2, -0.15) is 5.26 Å². The van der Waals surface area contributed by atoms with Gasteiger partial charge < -0.3 is 4.90 Å². The summed E-state index contributed by atoms with van der Waals surface area (Å²) in [6.07, 6.45) is -0.0176. The van der Waals surface area contributed by atoms with Crippen LogP contribution in [-0.2, 0) is 4.79 Å². The Balaban J connectivity index is 2.70. The number of carbonyl (C=O) groups excluding carboxylic acids is 1. The minimum atomic E-state index is -0.0525. The van der Waals surface area contributed by atoms with E-state index in [0.717, 1.165) is 11.3 Å². The predicted molar refractivity (Wildman–Crippen MR) is 59.7 cm³/mol. The summed E-state index contributed by atoms with van der Waals surface area (Å²) in [5.41, 5.74) is 2.16. The number of hydrogen-bond acceptors (Lipinski definition) is 3. The first-order valence-corrected chi connectivity index (χ1v) is 4.80. The molecular formula is C12H14N2O. The Morgan fingerprint density at radius 3 is 2.73 bits per heavy atom. The fourth-order valence-corrected chi connectivity index (χ4v) is 1.49. The highest BCUT2D eigenvalue weighted by molar-refractivity contribution is 5.85. The van der Waals surface area contributed by atoms with Gasteiger partial charge in [-0.15, -0.1) is 0 Å². The molecule has 1 aromatic rings. The lowest BCUT2D eigenvalue weighted by Crippen LogP contribution is -2.25. The molecule has 15 heavy (non-hydrogen) atoms. The summed E-state index contributed by atoms with van der Waals surface area (Å²) < 4.78 is 0. The van der Waals surface area contributed by atoms with Gasteiger partial charge in [-0.3, -0.25) is 4.79 Å². The van der Waals surface area contributed by atoms with Crippen molar-refractivity contribution in [2.45, 2.75) is 13.3 Å². The van der Waals surface area contributed by atoms with E-state index in [1.807, 2.05) is 49.2 Å². The molecule has 1 rings (SSSR count). The number of nitriles is 1. The maximum atomic E-state index is 11.3. The quantitative estimate of drug-likeness (QED) is 0.749. The third-order valence-electron chi connectivity index (χ3n) is 2.22. The number of para-hydroxylation sites is 1. The first-order valence-electron chi connectivity index (χ1n) is 4.80. The van der Waals surface area contributed by atoms with Crippen molar-refractivity contribution in [1.82, 2.24) is 0 Å². The summed E-state index contributed by atoms with van der Waals surface area (Å²) in [7, 11) is 1.86. The van der Waals surface area contributed by atoms with E-state index >= 15 is 0 Å². The number of hydrogen-bond donors (Lipinski definition) is 0. The molecule has 1 aromatic carbocycles. The van der Waals surface area contributed by atoms with Crippen molar-refractivity contribution in [3.63, 3.8) is 0 Å². The number of ketones is 1. The average Bonchev–Trinajstić information content (AvgIpc) is 2.18. The summed E-state index contributed by atoms with van der Waals surface area (Å²) in [6, 6.07) is 9.73. The number of Topliss-reactive ketones (excluding diaryl/α,β-unsaturated/α-hetero) is 1. The van der Waals surface area contributed by atoms with Gasteiger partial charge in [-0.1, -0.05) is 18.2 Å². The number of benzene rings is 1. The highest BCUT2D eigenvalue weighted by Crippen LogP contribution is 2.17. The Labute approximate surface area is 89.9 Å². The third-order valence-corrected chi connectivity index (χ3v) is 2.22. The van der Waals surface area contributed by atoms with E-state index in [-0.39, 0.29) is 12.2 Å². The normalized spacial score (nSPS) is 9.40. The second-order valence-electron chi connectivity index (χ2n) is 3.52. The van der Waals surface area contributed by atoms with Crippen molar-refractivity contribution in [2.75, 3.05) is 18.5 Å². The molecule has 78 valence electrons. The molecule has 0 aliphatic heterocycles. The standard InChI is InChI=1S/C12H14N2O/c1-10-5-3-4-6-12(10)14(2)9-11(15)7-8-13/h3-6H,7,9H2,1-2H3. The minimum absolute atomic E-state index is 0.0176. The molecule has 0 N–H and O–H groups in total. The fraction of sp³-hybridized carbons (Fsp3) is 0.333. The maximum Gasteiger partial charge on any atom is 0.166 e. The van der Waals surface area contributed by atoms with Crippen LogP contribution in [0.1, 0.15) is 12.0 Å². The molecule has 0 radical (unpaired) electrons. The highest BCUT2D eigenvalue weighted by Gasteiger charge is 2.08. The van der Waals surface area contributed by atoms with E-state index in [9.17, 15) is 4.79 Å². The molecule has 0 saturated carbocycles. The average molecular weight is 202 g/mol. The van der Waals surface area contributed by atoms with Crippen LogP contribution in [0.15, 0.2) is 24.3 Å². The SMILES string of the molecule is Cc1ccccc1N(C)CC(=O)CC#N. The van der Waals surface area contributed by atoms with Gasteiger partial charge in [0.1, 0.15) is 0 Å². The fourth-order valence-electron chi connectivity index (χ4n) is 1.49. The Morgan fingerprint density at radius 2 is 2.13 bits per heavy atom. The van der Waals surface area contributed by atoms with Crippen LogP contribution in [0.25, 0.3) is 0 Å². The van der Waals surface area contributed by atoms with E-state index in [2.05, 4.69) is 0 Å². The Bertz CT molecular complexity index is 393. The number of anilines is 1. The van der Waals surface area contributed by atoms with Crippen LogP contribution in [0.2, 0.25) is 0 Å². The van der Waals surface area contributed by atoms with Crippen molar-refractivity contribution < 1.29 is 4.79 Å². The lowest BCUT2D eigenvalue weighted by Gasteiger charge is -2.19. The van der Waals surface area contributed by atoms with E-state index in [4.69, 9.17) is 5.26 Å². The minimum Gasteiger partial charge on any atom is -0.367 e. The summed E-state index contributed by atoms with van der Waals surface area (Å²) in [4.78, 5) is 13.1. The van der Waals surface area contributed by atoms with Crippen LogP contribution in [0.3, 0.4) is 0 Å². The van der Waals surface area contributed by atoms with Gasteiger partial charge in [-0.25, -0.2) is 0 Å². The number of rotatable bonds is 4. The zero-order valence-corrected chi connectivity index (χ0v) is 9.03. The molecule has 0 amide bonds. The predicted octanol–water partition coefficient (Wildman–Crippen LogP) is 1.91. The van der Waals surface area contributed by atoms with Crippen molar-refractivity contribution >= 4 is 11.5 Å². The maximum absolute atomic E-state index is 11.3. The van der Waals surface area contributed by atoms with Crippen molar-refractivity contribution in [3.05, 3.63) is 29.8 Å². The molecule has 0 heterocycles. The van der Waals surface area contributed by atoms with Crippen molar-refractivity contribution in [3.8, 4) is 6.07 Å². The van der Waals surface area contributed by atoms with Crippen LogP contribution in [0, 0.1) is 18.3 Å². The Morgan fingerprint density at radius 1 is 1.47 bits per heavy atom. The van der Waals surface area contributed by atoms with Crippen LogP contribution < -0.4 is 4.90 Å². The molecular weight excluding hydrogens is 188 g/mol. The molecule has 0 spiro atoms. The zero-order chi connectivity index (χ0) is 11.3. The largest absolute Gasteiger partial charge is 0.367 e. The van der Waals surface area contributed by atoms with Gasteiger partial charge in [-0.05, 0) is 18.6 Å². The topological polar surface area (TPSA) is 44.1 Å². The molecule has 0 aliphatic carbocycles. The third kappa shape index (κ3) is 3.10. The lowest BCUT2D eigenvalue weighted by molar-refractivity contribution is -0.116. The second kappa shape index (κ2) is 5.16. The van der Waals surface area contributed by atoms with Gasteiger partial charge >= 0.3 is 0 Å². The Hall–Kier alpha value is -1.82. The molecule has 0 saturated heterocycles. The molecule has 0 fully saturated rings. The van der Waals surface area contributed by atoms with Gasteiger partial charge in [0.05, 0.1) is 19.0 Å². The van der Waals surface area contributed by atoms with E-state index in [1.165, 1.54) is 0 Å². The van der Waals surface area contributed by atoms with E-state index < -0.39 is 0 Å². The zero-order valence-electron chi connectivity index (χ0n) is 9.03. The molecule has 3 nitrogen and oxygen atoms in total. The van der Waals surface area contributed by atoms with Crippen molar-refractivity contribution in [2.24, 2.45) is 0 Å². The first kappa shape index (κ1) is 11.3. The van der Waals surface area contributed by atoms with Crippen molar-refractivity contribution in [1.29, 1.82) is 5.26 Å². The van der Waals surface area contributed by atoms with Gasteiger partial charge in [0.2, 0.25) is 0 Å². The summed E-state index contributed by atoms with van der Waals surface area (Å²) >= 11 is 0. The number of nitrogens with zero attached hydrogens (tertiary/aromatic N) is 2. The summed E-state index contributed by atoms with van der Waals surface area (Å²) in [5.74, 6) is -0.0525. The summed E-state index contributed by atoms with van der Waals surface area (Å²) in [6.45, 7) is 2.29. The molecule has 0 aromatic heterocycles. The van der Waals surface area contributed by atoms with Crippen LogP contribution in [0.4, 0.5) is 5.69 Å². The Kier molecular flexibility index (Phi) is 3.87. The highest BCUT2D eigenvalue weighted by atomic mass is 16.1. The van der Waals surface area contributed by atoms with Gasteiger partial charge in [0.15, 0.2) is 5.78 Å². The summed E-state index contributed by atoms with van der Waals surface area (Å²) in [5, 5.41) is 8.39. The molecule has 0 bridgehead atoms. The lowest BCUT2D eigenvalue weighted by atomic mass is 10.2. The van der Waals surface area contributed by atoms with E-state index in [1.54, 1.807) is 0 Å². The van der Waals surface area contributed by atoms with Crippen LogP contribution in [0.5, 0.6) is 0 Å². The monoisotopic (exact) mass is 202 g/mol. The smallest absolute Gasteiger partial charge is 0.166 e. The van der Waals surface area contributed by atoms with Crippen LogP contribution in [-0.4, -0.2) is 19.4 Å². The first-order chi connectivity index (χ1) is 7.15. The van der Waals surface area contributed by atoms with Crippen LogP contribution >= 0.6 is 0 Å². The molecule has 0 atom stereocenters. The van der Waals surface area contributed by atoms with E-state index in [0.29, 0.717) is 6.54 Å². The number of aryl methyl sites for hydroxylation is 1. The molecule has 0 unspecified atom stereocenters. The number of likely N-dealkylation sites (N-methyl/N-ethyl adjacent to an activating group) is 1. The van der Waals surface area contributed by atoms with Gasteiger partial charge in [0, 0.05) is 12.7 Å². The molecule has 3 heteroatoms. The molecule has 0 aliphatic rings. The van der Waals surface area contributed by atoms with Gasteiger partial charge in [0.25, 0.3) is 0 Å².